The zero-order valence-corrected chi connectivity index (χ0v) is 19.1. The minimum absolute atomic E-state index is 0.406. The molecule has 8 heteroatoms. The smallest absolute Gasteiger partial charge is 0.216 e. The Morgan fingerprint density at radius 1 is 1.10 bits per heavy atom. The van der Waals surface area contributed by atoms with E-state index in [1.165, 1.54) is 0 Å². The molecular formula is C23H19BrN4O2S. The topological polar surface area (TPSA) is 64.4 Å². The molecule has 0 unspecified atom stereocenters. The standard InChI is InChI=1S/C23H19BrN4O2S/c1-29-20-13-17(12-19(24)21(20)30-15-16-8-4-2-5-9-16)14-25-28-22(26-27-23(28)31)18-10-6-3-7-11-18/h2-14H,15H2,1H3,(H,27,31)/b25-14+. The Labute approximate surface area is 193 Å². The summed E-state index contributed by atoms with van der Waals surface area (Å²) in [5.74, 6) is 1.87. The predicted octanol–water partition coefficient (Wildman–Crippen LogP) is 5.84. The van der Waals surface area contributed by atoms with E-state index in [-0.39, 0.29) is 0 Å². The third-order valence-electron chi connectivity index (χ3n) is 4.48. The minimum atomic E-state index is 0.406. The first-order chi connectivity index (χ1) is 15.2. The molecule has 0 bridgehead atoms. The van der Waals surface area contributed by atoms with Crippen LogP contribution in [-0.4, -0.2) is 28.2 Å². The molecule has 156 valence electrons. The number of aromatic nitrogens is 3. The van der Waals surface area contributed by atoms with Crippen LogP contribution in [0.4, 0.5) is 0 Å². The van der Waals surface area contributed by atoms with Gasteiger partial charge in [0.1, 0.15) is 6.61 Å². The molecule has 0 atom stereocenters. The largest absolute Gasteiger partial charge is 0.493 e. The van der Waals surface area contributed by atoms with Crippen LogP contribution in [0, 0.1) is 4.77 Å². The summed E-state index contributed by atoms with van der Waals surface area (Å²) in [5.41, 5.74) is 2.80. The van der Waals surface area contributed by atoms with Gasteiger partial charge < -0.3 is 9.47 Å². The molecule has 1 aromatic heterocycles. The number of rotatable bonds is 7. The zero-order chi connectivity index (χ0) is 21.6. The highest BCUT2D eigenvalue weighted by molar-refractivity contribution is 9.10. The van der Waals surface area contributed by atoms with Crippen LogP contribution in [0.25, 0.3) is 11.4 Å². The fourth-order valence-electron chi connectivity index (χ4n) is 2.98. The normalized spacial score (nSPS) is 11.0. The first-order valence-corrected chi connectivity index (χ1v) is 10.7. The second-order valence-electron chi connectivity index (χ2n) is 6.58. The summed E-state index contributed by atoms with van der Waals surface area (Å²) in [4.78, 5) is 0. The Balaban J connectivity index is 1.60. The number of hydrogen-bond acceptors (Lipinski definition) is 5. The number of halogens is 1. The van der Waals surface area contributed by atoms with Crippen LogP contribution < -0.4 is 9.47 Å². The van der Waals surface area contributed by atoms with Crippen molar-refractivity contribution in [2.75, 3.05) is 7.11 Å². The number of benzene rings is 3. The number of nitrogens with one attached hydrogen (secondary N) is 1. The molecule has 0 aliphatic heterocycles. The van der Waals surface area contributed by atoms with Crippen LogP contribution >= 0.6 is 28.1 Å². The van der Waals surface area contributed by atoms with Gasteiger partial charge in [-0.15, -0.1) is 0 Å². The molecule has 0 radical (unpaired) electrons. The summed E-state index contributed by atoms with van der Waals surface area (Å²) in [6, 6.07) is 23.5. The molecule has 0 aliphatic rings. The van der Waals surface area contributed by atoms with Gasteiger partial charge in [0.15, 0.2) is 17.3 Å². The lowest BCUT2D eigenvalue weighted by atomic mass is 10.2. The van der Waals surface area contributed by atoms with Gasteiger partial charge in [-0.25, -0.2) is 5.10 Å². The highest BCUT2D eigenvalue weighted by atomic mass is 79.9. The monoisotopic (exact) mass is 494 g/mol. The minimum Gasteiger partial charge on any atom is -0.493 e. The van der Waals surface area contributed by atoms with Crippen molar-refractivity contribution in [3.63, 3.8) is 0 Å². The Morgan fingerprint density at radius 3 is 2.52 bits per heavy atom. The van der Waals surface area contributed by atoms with Gasteiger partial charge >= 0.3 is 0 Å². The van der Waals surface area contributed by atoms with Crippen molar-refractivity contribution in [3.8, 4) is 22.9 Å². The maximum atomic E-state index is 5.99. The molecular weight excluding hydrogens is 476 g/mol. The Morgan fingerprint density at radius 2 is 1.81 bits per heavy atom. The molecule has 1 heterocycles. The molecule has 0 fully saturated rings. The molecule has 3 aromatic carbocycles. The van der Waals surface area contributed by atoms with Crippen molar-refractivity contribution in [3.05, 3.63) is 93.2 Å². The average Bonchev–Trinajstić information content (AvgIpc) is 3.18. The molecule has 4 rings (SSSR count). The quantitative estimate of drug-likeness (QED) is 0.259. The lowest BCUT2D eigenvalue weighted by Gasteiger charge is -2.13. The molecule has 0 aliphatic carbocycles. The average molecular weight is 495 g/mol. The van der Waals surface area contributed by atoms with Crippen LogP contribution in [0.1, 0.15) is 11.1 Å². The van der Waals surface area contributed by atoms with Crippen LogP contribution in [0.5, 0.6) is 11.5 Å². The van der Waals surface area contributed by atoms with Crippen molar-refractivity contribution in [1.29, 1.82) is 0 Å². The molecule has 6 nitrogen and oxygen atoms in total. The van der Waals surface area contributed by atoms with Gasteiger partial charge in [0, 0.05) is 5.56 Å². The van der Waals surface area contributed by atoms with Gasteiger partial charge in [-0.2, -0.15) is 14.9 Å². The fraction of sp³-hybridized carbons (Fsp3) is 0.0870. The maximum Gasteiger partial charge on any atom is 0.216 e. The van der Waals surface area contributed by atoms with Gasteiger partial charge in [-0.1, -0.05) is 60.7 Å². The molecule has 1 N–H and O–H groups in total. The molecule has 4 aromatic rings. The van der Waals surface area contributed by atoms with Gasteiger partial charge in [-0.3, -0.25) is 0 Å². The summed E-state index contributed by atoms with van der Waals surface area (Å²) < 4.78 is 14.3. The maximum absolute atomic E-state index is 5.99. The fourth-order valence-corrected chi connectivity index (χ4v) is 3.73. The molecule has 0 amide bonds. The van der Waals surface area contributed by atoms with E-state index in [2.05, 4.69) is 31.2 Å². The van der Waals surface area contributed by atoms with Crippen LogP contribution in [-0.2, 0) is 6.61 Å². The Kier molecular flexibility index (Phi) is 6.59. The number of nitrogens with zero attached hydrogens (tertiary/aromatic N) is 3. The van der Waals surface area contributed by atoms with Crippen molar-refractivity contribution >= 4 is 34.4 Å². The van der Waals surface area contributed by atoms with E-state index in [9.17, 15) is 0 Å². The first-order valence-electron chi connectivity index (χ1n) is 9.47. The lowest BCUT2D eigenvalue weighted by molar-refractivity contribution is 0.282. The second-order valence-corrected chi connectivity index (χ2v) is 7.82. The zero-order valence-electron chi connectivity index (χ0n) is 16.7. The summed E-state index contributed by atoms with van der Waals surface area (Å²) in [6.07, 6.45) is 1.70. The lowest BCUT2D eigenvalue weighted by Crippen LogP contribution is -2.00. The summed E-state index contributed by atoms with van der Waals surface area (Å²) in [5, 5.41) is 11.6. The number of hydrogen-bond donors (Lipinski definition) is 1. The van der Waals surface area contributed by atoms with Crippen LogP contribution in [0.3, 0.4) is 0 Å². The summed E-state index contributed by atoms with van der Waals surface area (Å²) in [6.45, 7) is 0.438. The van der Waals surface area contributed by atoms with E-state index in [1.54, 1.807) is 18.0 Å². The van der Waals surface area contributed by atoms with E-state index in [4.69, 9.17) is 21.7 Å². The molecule has 31 heavy (non-hydrogen) atoms. The number of methoxy groups -OCH3 is 1. The van der Waals surface area contributed by atoms with Gasteiger partial charge in [0.05, 0.1) is 17.8 Å². The number of H-pyrrole nitrogens is 1. The second kappa shape index (κ2) is 9.72. The van der Waals surface area contributed by atoms with Crippen LogP contribution in [0.15, 0.2) is 82.4 Å². The van der Waals surface area contributed by atoms with E-state index < -0.39 is 0 Å². The van der Waals surface area contributed by atoms with Gasteiger partial charge in [0.25, 0.3) is 0 Å². The third-order valence-corrected chi connectivity index (χ3v) is 5.34. The third kappa shape index (κ3) is 4.92. The van der Waals surface area contributed by atoms with Crippen molar-refractivity contribution in [2.45, 2.75) is 6.61 Å². The SMILES string of the molecule is COc1cc(/C=N/n2c(-c3ccccc3)n[nH]c2=S)cc(Br)c1OCc1ccccc1. The summed E-state index contributed by atoms with van der Waals surface area (Å²) >= 11 is 8.93. The van der Waals surface area contributed by atoms with Gasteiger partial charge in [-0.05, 0) is 51.4 Å². The van der Waals surface area contributed by atoms with E-state index in [0.717, 1.165) is 21.2 Å². The highest BCUT2D eigenvalue weighted by Crippen LogP contribution is 2.37. The predicted molar refractivity (Wildman–Crippen MR) is 127 cm³/mol. The summed E-state index contributed by atoms with van der Waals surface area (Å²) in [7, 11) is 1.61. The molecule has 0 saturated carbocycles. The van der Waals surface area contributed by atoms with Crippen molar-refractivity contribution in [2.24, 2.45) is 5.10 Å². The van der Waals surface area contributed by atoms with E-state index in [0.29, 0.717) is 28.7 Å². The van der Waals surface area contributed by atoms with E-state index >= 15 is 0 Å². The first kappa shape index (κ1) is 21.0. The number of aromatic amines is 1. The number of ether oxygens (including phenoxy) is 2. The van der Waals surface area contributed by atoms with Crippen molar-refractivity contribution < 1.29 is 9.47 Å². The highest BCUT2D eigenvalue weighted by Gasteiger charge is 2.12. The molecule has 0 saturated heterocycles. The Hall–Kier alpha value is -3.23. The van der Waals surface area contributed by atoms with Crippen molar-refractivity contribution in [1.82, 2.24) is 14.9 Å². The molecule has 0 spiro atoms. The Bertz CT molecular complexity index is 1250. The van der Waals surface area contributed by atoms with Crippen LogP contribution in [0.2, 0.25) is 0 Å². The van der Waals surface area contributed by atoms with E-state index in [1.807, 2.05) is 72.8 Å². The van der Waals surface area contributed by atoms with Gasteiger partial charge in [0.2, 0.25) is 4.77 Å².